The van der Waals surface area contributed by atoms with Gasteiger partial charge in [0.15, 0.2) is 0 Å². The molecule has 0 spiro atoms. The Kier molecular flexibility index (Phi) is 5.17. The van der Waals surface area contributed by atoms with Crippen LogP contribution in [0.4, 0.5) is 0 Å². The van der Waals surface area contributed by atoms with E-state index < -0.39 is 5.97 Å². The highest BCUT2D eigenvalue weighted by molar-refractivity contribution is 5.95. The Bertz CT molecular complexity index is 1010. The number of benzene rings is 2. The summed E-state index contributed by atoms with van der Waals surface area (Å²) in [5.41, 5.74) is 3.18. The molecule has 0 unspecified atom stereocenters. The predicted molar refractivity (Wildman–Crippen MR) is 101 cm³/mol. The minimum Gasteiger partial charge on any atom is -0.508 e. The molecule has 0 bridgehead atoms. The number of carbonyl (C=O) groups is 2. The van der Waals surface area contributed by atoms with Crippen LogP contribution in [0.3, 0.4) is 0 Å². The lowest BCUT2D eigenvalue weighted by molar-refractivity contribution is 0.0694. The Morgan fingerprint density at radius 3 is 2.59 bits per heavy atom. The van der Waals surface area contributed by atoms with E-state index >= 15 is 0 Å². The van der Waals surface area contributed by atoms with Crippen molar-refractivity contribution in [2.24, 2.45) is 0 Å². The van der Waals surface area contributed by atoms with Crippen LogP contribution in [-0.2, 0) is 6.54 Å². The minimum atomic E-state index is -1.03. The standard InChI is InChI=1S/C21H18N2O4/c1-13-4-2-7-17(21(26)27)18(13)12-23-20(25)15-8-9-22-19(11-15)14-5-3-6-16(24)10-14/h2-11,24H,12H2,1H3,(H,23,25)(H,26,27). The van der Waals surface area contributed by atoms with Crippen LogP contribution in [0.1, 0.15) is 31.8 Å². The predicted octanol–water partition coefficient (Wildman–Crippen LogP) is 3.39. The SMILES string of the molecule is Cc1cccc(C(=O)O)c1CNC(=O)c1ccnc(-c2cccc(O)c2)c1. The number of carboxylic acid groups (broad SMARTS) is 1. The number of carboxylic acids is 1. The summed E-state index contributed by atoms with van der Waals surface area (Å²) in [6.45, 7) is 1.91. The second-order valence-corrected chi connectivity index (χ2v) is 6.07. The van der Waals surface area contributed by atoms with Crippen LogP contribution in [0.5, 0.6) is 5.75 Å². The Morgan fingerprint density at radius 1 is 1.07 bits per heavy atom. The fourth-order valence-electron chi connectivity index (χ4n) is 2.80. The van der Waals surface area contributed by atoms with Gasteiger partial charge in [0, 0.05) is 23.9 Å². The molecule has 1 aromatic heterocycles. The van der Waals surface area contributed by atoms with E-state index in [4.69, 9.17) is 0 Å². The summed E-state index contributed by atoms with van der Waals surface area (Å²) in [4.78, 5) is 28.1. The van der Waals surface area contributed by atoms with Gasteiger partial charge in [-0.3, -0.25) is 9.78 Å². The lowest BCUT2D eigenvalue weighted by Gasteiger charge is -2.11. The Morgan fingerprint density at radius 2 is 1.85 bits per heavy atom. The number of aryl methyl sites for hydroxylation is 1. The van der Waals surface area contributed by atoms with Crippen molar-refractivity contribution in [3.05, 3.63) is 83.0 Å². The Balaban J connectivity index is 1.80. The summed E-state index contributed by atoms with van der Waals surface area (Å²) < 4.78 is 0. The number of hydrogen-bond acceptors (Lipinski definition) is 4. The van der Waals surface area contributed by atoms with Crippen molar-refractivity contribution < 1.29 is 19.8 Å². The quantitative estimate of drug-likeness (QED) is 0.646. The summed E-state index contributed by atoms with van der Waals surface area (Å²) in [6.07, 6.45) is 1.52. The number of aromatic nitrogens is 1. The molecule has 6 heteroatoms. The molecule has 0 aliphatic rings. The molecule has 136 valence electrons. The first kappa shape index (κ1) is 18.1. The number of nitrogens with zero attached hydrogens (tertiary/aromatic N) is 1. The molecule has 1 amide bonds. The third-order valence-electron chi connectivity index (χ3n) is 4.23. The van der Waals surface area contributed by atoms with Crippen molar-refractivity contribution >= 4 is 11.9 Å². The molecule has 6 nitrogen and oxygen atoms in total. The van der Waals surface area contributed by atoms with Crippen LogP contribution in [0.25, 0.3) is 11.3 Å². The highest BCUT2D eigenvalue weighted by atomic mass is 16.4. The minimum absolute atomic E-state index is 0.108. The number of nitrogens with one attached hydrogen (secondary N) is 1. The van der Waals surface area contributed by atoms with Gasteiger partial charge in [0.1, 0.15) is 5.75 Å². The van der Waals surface area contributed by atoms with E-state index in [1.54, 1.807) is 55.5 Å². The maximum atomic E-state index is 12.5. The zero-order chi connectivity index (χ0) is 19.4. The largest absolute Gasteiger partial charge is 0.508 e. The van der Waals surface area contributed by atoms with E-state index in [1.807, 2.05) is 0 Å². The highest BCUT2D eigenvalue weighted by Gasteiger charge is 2.14. The van der Waals surface area contributed by atoms with E-state index in [1.165, 1.54) is 12.3 Å². The third kappa shape index (κ3) is 4.12. The lowest BCUT2D eigenvalue weighted by Crippen LogP contribution is -2.24. The number of phenolic OH excluding ortho intramolecular Hbond substituents is 1. The average molecular weight is 362 g/mol. The van der Waals surface area contributed by atoms with Crippen LogP contribution in [-0.4, -0.2) is 27.1 Å². The molecule has 3 N–H and O–H groups in total. The van der Waals surface area contributed by atoms with Crippen molar-refractivity contribution in [1.29, 1.82) is 0 Å². The van der Waals surface area contributed by atoms with Crippen LogP contribution >= 0.6 is 0 Å². The molecule has 0 atom stereocenters. The first-order valence-electron chi connectivity index (χ1n) is 8.31. The number of aromatic carboxylic acids is 1. The molecule has 3 rings (SSSR count). The third-order valence-corrected chi connectivity index (χ3v) is 4.23. The molecule has 0 fully saturated rings. The van der Waals surface area contributed by atoms with Gasteiger partial charge < -0.3 is 15.5 Å². The van der Waals surface area contributed by atoms with Gasteiger partial charge in [0.05, 0.1) is 11.3 Å². The van der Waals surface area contributed by atoms with E-state index in [9.17, 15) is 19.8 Å². The first-order chi connectivity index (χ1) is 13.0. The van der Waals surface area contributed by atoms with Crippen molar-refractivity contribution in [2.75, 3.05) is 0 Å². The summed E-state index contributed by atoms with van der Waals surface area (Å²) in [5, 5.41) is 21.7. The normalized spacial score (nSPS) is 10.4. The second-order valence-electron chi connectivity index (χ2n) is 6.07. The fraction of sp³-hybridized carbons (Fsp3) is 0.0952. The topological polar surface area (TPSA) is 99.5 Å². The summed E-state index contributed by atoms with van der Waals surface area (Å²) >= 11 is 0. The van der Waals surface area contributed by atoms with E-state index in [0.29, 0.717) is 22.4 Å². The van der Waals surface area contributed by atoms with Crippen LogP contribution < -0.4 is 5.32 Å². The average Bonchev–Trinajstić information content (AvgIpc) is 2.66. The Hall–Kier alpha value is -3.67. The maximum Gasteiger partial charge on any atom is 0.336 e. The van der Waals surface area contributed by atoms with Gasteiger partial charge >= 0.3 is 5.97 Å². The number of amides is 1. The summed E-state index contributed by atoms with van der Waals surface area (Å²) in [6, 6.07) is 14.8. The van der Waals surface area contributed by atoms with E-state index in [0.717, 1.165) is 5.56 Å². The molecule has 0 aliphatic heterocycles. The van der Waals surface area contributed by atoms with Crippen molar-refractivity contribution in [1.82, 2.24) is 10.3 Å². The summed E-state index contributed by atoms with van der Waals surface area (Å²) in [5.74, 6) is -1.25. The van der Waals surface area contributed by atoms with Gasteiger partial charge in [0.25, 0.3) is 5.91 Å². The van der Waals surface area contributed by atoms with E-state index in [2.05, 4.69) is 10.3 Å². The van der Waals surface area contributed by atoms with Gasteiger partial charge in [0.2, 0.25) is 0 Å². The highest BCUT2D eigenvalue weighted by Crippen LogP contribution is 2.22. The lowest BCUT2D eigenvalue weighted by atomic mass is 10.0. The number of rotatable bonds is 5. The molecule has 1 heterocycles. The number of phenols is 1. The van der Waals surface area contributed by atoms with Crippen molar-refractivity contribution in [3.63, 3.8) is 0 Å². The molecule has 0 aliphatic carbocycles. The Labute approximate surface area is 156 Å². The van der Waals surface area contributed by atoms with Gasteiger partial charge in [-0.1, -0.05) is 24.3 Å². The van der Waals surface area contributed by atoms with Crippen LogP contribution in [0.15, 0.2) is 60.8 Å². The smallest absolute Gasteiger partial charge is 0.336 e. The zero-order valence-corrected chi connectivity index (χ0v) is 14.6. The monoisotopic (exact) mass is 362 g/mol. The van der Waals surface area contributed by atoms with Gasteiger partial charge in [-0.15, -0.1) is 0 Å². The van der Waals surface area contributed by atoms with Gasteiger partial charge in [-0.25, -0.2) is 4.79 Å². The molecular weight excluding hydrogens is 344 g/mol. The number of pyridine rings is 1. The second kappa shape index (κ2) is 7.70. The maximum absolute atomic E-state index is 12.5. The zero-order valence-electron chi connectivity index (χ0n) is 14.6. The van der Waals surface area contributed by atoms with Crippen LogP contribution in [0, 0.1) is 6.92 Å². The van der Waals surface area contributed by atoms with Gasteiger partial charge in [-0.05, 0) is 48.4 Å². The molecule has 2 aromatic carbocycles. The summed E-state index contributed by atoms with van der Waals surface area (Å²) in [7, 11) is 0. The molecule has 0 saturated carbocycles. The molecule has 3 aromatic rings. The van der Waals surface area contributed by atoms with Crippen molar-refractivity contribution in [3.8, 4) is 17.0 Å². The molecule has 0 radical (unpaired) electrons. The number of carbonyl (C=O) groups excluding carboxylic acids is 1. The first-order valence-corrected chi connectivity index (χ1v) is 8.31. The number of hydrogen-bond donors (Lipinski definition) is 3. The number of aromatic hydroxyl groups is 1. The van der Waals surface area contributed by atoms with Crippen LogP contribution in [0.2, 0.25) is 0 Å². The molecule has 27 heavy (non-hydrogen) atoms. The molecule has 0 saturated heterocycles. The van der Waals surface area contributed by atoms with Gasteiger partial charge in [-0.2, -0.15) is 0 Å². The van der Waals surface area contributed by atoms with Crippen molar-refractivity contribution in [2.45, 2.75) is 13.5 Å². The molecular formula is C21H18N2O4. The van der Waals surface area contributed by atoms with E-state index in [-0.39, 0.29) is 23.8 Å². The fourth-order valence-corrected chi connectivity index (χ4v) is 2.80.